The molecule has 0 aliphatic carbocycles. The van der Waals surface area contributed by atoms with E-state index in [1.807, 2.05) is 13.0 Å². The summed E-state index contributed by atoms with van der Waals surface area (Å²) in [5.41, 5.74) is 1.34. The van der Waals surface area contributed by atoms with E-state index in [0.717, 1.165) is 18.7 Å². The van der Waals surface area contributed by atoms with E-state index < -0.39 is 0 Å². The zero-order valence-electron chi connectivity index (χ0n) is 12.3. The second kappa shape index (κ2) is 6.93. The highest BCUT2D eigenvalue weighted by atomic mass is 16.5. The molecule has 0 bridgehead atoms. The summed E-state index contributed by atoms with van der Waals surface area (Å²) in [6.45, 7) is 4.71. The van der Waals surface area contributed by atoms with Crippen molar-refractivity contribution in [3.05, 3.63) is 36.4 Å². The molecule has 0 aliphatic heterocycles. The lowest BCUT2D eigenvalue weighted by molar-refractivity contribution is 0.326. The quantitative estimate of drug-likeness (QED) is 0.843. The van der Waals surface area contributed by atoms with Crippen LogP contribution in [0, 0.1) is 0 Å². The first-order chi connectivity index (χ1) is 9.69. The Morgan fingerprint density at radius 2 is 2.25 bits per heavy atom. The first kappa shape index (κ1) is 14.4. The number of nitrogens with zero attached hydrogens (tertiary/aromatic N) is 3. The van der Waals surface area contributed by atoms with Crippen LogP contribution in [0.3, 0.4) is 0 Å². The molecule has 0 fully saturated rings. The third-order valence-electron chi connectivity index (χ3n) is 3.21. The van der Waals surface area contributed by atoms with Crippen molar-refractivity contribution < 1.29 is 4.74 Å². The van der Waals surface area contributed by atoms with E-state index in [9.17, 15) is 0 Å². The van der Waals surface area contributed by atoms with Crippen molar-refractivity contribution >= 4 is 5.82 Å². The van der Waals surface area contributed by atoms with Gasteiger partial charge >= 0.3 is 0 Å². The van der Waals surface area contributed by atoms with Gasteiger partial charge in [0, 0.05) is 31.0 Å². The minimum absolute atomic E-state index is 0.342. The summed E-state index contributed by atoms with van der Waals surface area (Å²) in [6.07, 6.45) is 5.69. The van der Waals surface area contributed by atoms with E-state index in [4.69, 9.17) is 4.74 Å². The van der Waals surface area contributed by atoms with Crippen molar-refractivity contribution in [3.8, 4) is 5.88 Å². The molecular formula is C15H22N4O. The van der Waals surface area contributed by atoms with E-state index in [2.05, 4.69) is 52.2 Å². The van der Waals surface area contributed by atoms with Crippen LogP contribution in [-0.2, 0) is 13.5 Å². The van der Waals surface area contributed by atoms with Gasteiger partial charge in [0.2, 0.25) is 5.88 Å². The number of anilines is 1. The summed E-state index contributed by atoms with van der Waals surface area (Å²) in [5, 5.41) is 3.38. The van der Waals surface area contributed by atoms with Gasteiger partial charge in [0.05, 0.1) is 6.61 Å². The lowest BCUT2D eigenvalue weighted by Crippen LogP contribution is -2.17. The Kier molecular flexibility index (Phi) is 4.98. The van der Waals surface area contributed by atoms with Crippen LogP contribution in [0.15, 0.2) is 30.7 Å². The van der Waals surface area contributed by atoms with Crippen LogP contribution in [0.5, 0.6) is 5.88 Å². The third-order valence-corrected chi connectivity index (χ3v) is 3.21. The topological polar surface area (TPSA) is 52.0 Å². The molecular weight excluding hydrogens is 252 g/mol. The molecule has 1 unspecified atom stereocenters. The predicted molar refractivity (Wildman–Crippen MR) is 80.0 cm³/mol. The van der Waals surface area contributed by atoms with Gasteiger partial charge in [-0.3, -0.25) is 0 Å². The third kappa shape index (κ3) is 3.98. The second-order valence-electron chi connectivity index (χ2n) is 4.87. The maximum atomic E-state index is 5.37. The zero-order chi connectivity index (χ0) is 14.4. The van der Waals surface area contributed by atoms with Crippen LogP contribution in [0.4, 0.5) is 5.82 Å². The first-order valence-corrected chi connectivity index (χ1v) is 7.00. The average Bonchev–Trinajstić information content (AvgIpc) is 2.83. The highest BCUT2D eigenvalue weighted by molar-refractivity contribution is 5.37. The molecule has 5 nitrogen and oxygen atoms in total. The monoisotopic (exact) mass is 274 g/mol. The Balaban J connectivity index is 1.86. The predicted octanol–water partition coefficient (Wildman–Crippen LogP) is 2.65. The standard InChI is InChI=1S/C15H22N4O/c1-4-20-15-10-14(16-11-17-15)18-12(2)7-8-13-6-5-9-19(13)3/h5-6,9-12H,4,7-8H2,1-3H3,(H,16,17,18). The molecule has 1 atom stereocenters. The highest BCUT2D eigenvalue weighted by Crippen LogP contribution is 2.14. The van der Waals surface area contributed by atoms with E-state index in [0.29, 0.717) is 18.5 Å². The van der Waals surface area contributed by atoms with E-state index in [1.54, 1.807) is 0 Å². The molecule has 2 rings (SSSR count). The van der Waals surface area contributed by atoms with Crippen LogP contribution in [-0.4, -0.2) is 27.2 Å². The number of nitrogens with one attached hydrogen (secondary N) is 1. The molecule has 0 spiro atoms. The molecule has 0 saturated heterocycles. The molecule has 2 heterocycles. The summed E-state index contributed by atoms with van der Waals surface area (Å²) < 4.78 is 7.53. The minimum atomic E-state index is 0.342. The van der Waals surface area contributed by atoms with Crippen LogP contribution < -0.4 is 10.1 Å². The van der Waals surface area contributed by atoms with E-state index in [-0.39, 0.29) is 0 Å². The van der Waals surface area contributed by atoms with Gasteiger partial charge in [-0.05, 0) is 38.8 Å². The number of rotatable bonds is 7. The lowest BCUT2D eigenvalue weighted by Gasteiger charge is -2.15. The maximum Gasteiger partial charge on any atom is 0.218 e. The Bertz CT molecular complexity index is 538. The summed E-state index contributed by atoms with van der Waals surface area (Å²) in [4.78, 5) is 8.27. The Labute approximate surface area is 120 Å². The number of aryl methyl sites for hydroxylation is 2. The van der Waals surface area contributed by atoms with Crippen molar-refractivity contribution in [1.29, 1.82) is 0 Å². The fraction of sp³-hybridized carbons (Fsp3) is 0.467. The molecule has 0 radical (unpaired) electrons. The fourth-order valence-electron chi connectivity index (χ4n) is 2.09. The number of ether oxygens (including phenoxy) is 1. The number of aromatic nitrogens is 3. The Hall–Kier alpha value is -2.04. The van der Waals surface area contributed by atoms with Gasteiger partial charge in [0.15, 0.2) is 0 Å². The van der Waals surface area contributed by atoms with Gasteiger partial charge < -0.3 is 14.6 Å². The highest BCUT2D eigenvalue weighted by Gasteiger charge is 2.06. The van der Waals surface area contributed by atoms with Crippen LogP contribution >= 0.6 is 0 Å². The molecule has 108 valence electrons. The number of hydrogen-bond acceptors (Lipinski definition) is 4. The maximum absolute atomic E-state index is 5.37. The largest absolute Gasteiger partial charge is 0.478 e. The van der Waals surface area contributed by atoms with Gasteiger partial charge in [-0.2, -0.15) is 0 Å². The van der Waals surface area contributed by atoms with Crippen molar-refractivity contribution in [2.45, 2.75) is 32.7 Å². The van der Waals surface area contributed by atoms with Crippen LogP contribution in [0.25, 0.3) is 0 Å². The Morgan fingerprint density at radius 1 is 1.40 bits per heavy atom. The van der Waals surface area contributed by atoms with Crippen molar-refractivity contribution in [2.24, 2.45) is 7.05 Å². The molecule has 0 aromatic carbocycles. The van der Waals surface area contributed by atoms with Gasteiger partial charge in [-0.15, -0.1) is 0 Å². The van der Waals surface area contributed by atoms with Crippen molar-refractivity contribution in [1.82, 2.24) is 14.5 Å². The summed E-state index contributed by atoms with van der Waals surface area (Å²) in [7, 11) is 2.08. The number of hydrogen-bond donors (Lipinski definition) is 1. The summed E-state index contributed by atoms with van der Waals surface area (Å²) >= 11 is 0. The van der Waals surface area contributed by atoms with Crippen molar-refractivity contribution in [3.63, 3.8) is 0 Å². The van der Waals surface area contributed by atoms with Crippen LogP contribution in [0.2, 0.25) is 0 Å². The zero-order valence-corrected chi connectivity index (χ0v) is 12.3. The lowest BCUT2D eigenvalue weighted by atomic mass is 10.1. The SMILES string of the molecule is CCOc1cc(NC(C)CCc2cccn2C)ncn1. The van der Waals surface area contributed by atoms with Gasteiger partial charge in [0.25, 0.3) is 0 Å². The molecule has 20 heavy (non-hydrogen) atoms. The molecule has 2 aromatic heterocycles. The fourth-order valence-corrected chi connectivity index (χ4v) is 2.09. The average molecular weight is 274 g/mol. The van der Waals surface area contributed by atoms with Gasteiger partial charge in [-0.1, -0.05) is 0 Å². The Morgan fingerprint density at radius 3 is 2.95 bits per heavy atom. The molecule has 5 heteroatoms. The summed E-state index contributed by atoms with van der Waals surface area (Å²) in [6, 6.07) is 6.41. The second-order valence-corrected chi connectivity index (χ2v) is 4.87. The normalized spacial score (nSPS) is 12.2. The molecule has 2 aromatic rings. The van der Waals surface area contributed by atoms with Gasteiger partial charge in [-0.25, -0.2) is 9.97 Å². The summed E-state index contributed by atoms with van der Waals surface area (Å²) in [5.74, 6) is 1.42. The smallest absolute Gasteiger partial charge is 0.218 e. The van der Waals surface area contributed by atoms with E-state index >= 15 is 0 Å². The molecule has 1 N–H and O–H groups in total. The van der Waals surface area contributed by atoms with Crippen molar-refractivity contribution in [2.75, 3.05) is 11.9 Å². The van der Waals surface area contributed by atoms with Crippen LogP contribution in [0.1, 0.15) is 26.0 Å². The molecule has 0 aliphatic rings. The molecule has 0 amide bonds. The van der Waals surface area contributed by atoms with E-state index in [1.165, 1.54) is 12.0 Å². The first-order valence-electron chi connectivity index (χ1n) is 7.00. The minimum Gasteiger partial charge on any atom is -0.478 e. The van der Waals surface area contributed by atoms with Gasteiger partial charge in [0.1, 0.15) is 12.1 Å². The molecule has 0 saturated carbocycles.